The number of nitrogens with one attached hydrogen (secondary N) is 1. The van der Waals surface area contributed by atoms with Crippen molar-refractivity contribution < 1.29 is 0 Å². The summed E-state index contributed by atoms with van der Waals surface area (Å²) in [5.41, 5.74) is 3.27. The first-order valence-corrected chi connectivity index (χ1v) is 7.51. The Labute approximate surface area is 118 Å². The first-order valence-electron chi connectivity index (χ1n) is 7.51. The van der Waals surface area contributed by atoms with Gasteiger partial charge in [-0.25, -0.2) is 0 Å². The van der Waals surface area contributed by atoms with Gasteiger partial charge in [0, 0.05) is 24.7 Å². The van der Waals surface area contributed by atoms with Crippen molar-refractivity contribution in [2.45, 2.75) is 65.2 Å². The lowest BCUT2D eigenvalue weighted by atomic mass is 10.1. The number of rotatable bonds is 5. The second-order valence-corrected chi connectivity index (χ2v) is 6.84. The van der Waals surface area contributed by atoms with E-state index in [4.69, 9.17) is 0 Å². The molecule has 1 N–H and O–H groups in total. The maximum Gasteiger partial charge on any atom is 0.0243 e. The van der Waals surface area contributed by atoms with Gasteiger partial charge in [0.05, 0.1) is 0 Å². The predicted octanol–water partition coefficient (Wildman–Crippen LogP) is 3.56. The molecule has 1 atom stereocenters. The topological polar surface area (TPSA) is 15.3 Å². The molecule has 1 aromatic rings. The second kappa shape index (κ2) is 6.06. The van der Waals surface area contributed by atoms with Crippen LogP contribution in [0.5, 0.6) is 0 Å². The van der Waals surface area contributed by atoms with Gasteiger partial charge in [-0.1, -0.05) is 24.3 Å². The summed E-state index contributed by atoms with van der Waals surface area (Å²) in [5, 5.41) is 3.57. The molecule has 0 aliphatic carbocycles. The van der Waals surface area contributed by atoms with Gasteiger partial charge in [-0.3, -0.25) is 4.90 Å². The van der Waals surface area contributed by atoms with Crippen LogP contribution in [-0.4, -0.2) is 23.0 Å². The van der Waals surface area contributed by atoms with E-state index in [9.17, 15) is 0 Å². The van der Waals surface area contributed by atoms with E-state index < -0.39 is 0 Å². The number of hydrogen-bond donors (Lipinski definition) is 1. The first kappa shape index (κ1) is 14.5. The average molecular weight is 260 g/mol. The number of benzene rings is 1. The van der Waals surface area contributed by atoms with Crippen LogP contribution in [0.4, 0.5) is 0 Å². The molecule has 0 fully saturated rings. The van der Waals surface area contributed by atoms with Crippen LogP contribution in [0, 0.1) is 0 Å². The average Bonchev–Trinajstić information content (AvgIpc) is 2.77. The fourth-order valence-corrected chi connectivity index (χ4v) is 2.71. The third-order valence-corrected chi connectivity index (χ3v) is 3.94. The van der Waals surface area contributed by atoms with E-state index in [2.05, 4.69) is 62.2 Å². The quantitative estimate of drug-likeness (QED) is 0.814. The molecule has 2 heteroatoms. The van der Waals surface area contributed by atoms with E-state index in [1.54, 1.807) is 0 Å². The lowest BCUT2D eigenvalue weighted by Crippen LogP contribution is -2.37. The fourth-order valence-electron chi connectivity index (χ4n) is 2.71. The minimum absolute atomic E-state index is 0.243. The Hall–Kier alpha value is -0.860. The summed E-state index contributed by atoms with van der Waals surface area (Å²) in [6.07, 6.45) is 2.53. The zero-order valence-electron chi connectivity index (χ0n) is 12.9. The summed E-state index contributed by atoms with van der Waals surface area (Å²) in [6.45, 7) is 12.4. The molecule has 2 nitrogen and oxygen atoms in total. The van der Waals surface area contributed by atoms with Crippen LogP contribution >= 0.6 is 0 Å². The zero-order valence-corrected chi connectivity index (χ0v) is 12.9. The Balaban J connectivity index is 1.73. The SMILES string of the molecule is CC(CCCNC(C)(C)C)N1Cc2ccccc2C1. The van der Waals surface area contributed by atoms with Crippen molar-refractivity contribution in [2.24, 2.45) is 0 Å². The molecule has 0 spiro atoms. The van der Waals surface area contributed by atoms with Gasteiger partial charge in [0.25, 0.3) is 0 Å². The Morgan fingerprint density at radius 2 is 1.74 bits per heavy atom. The van der Waals surface area contributed by atoms with E-state index in [1.807, 2.05) is 0 Å². The van der Waals surface area contributed by atoms with Gasteiger partial charge in [0.2, 0.25) is 0 Å². The summed E-state index contributed by atoms with van der Waals surface area (Å²) < 4.78 is 0. The summed E-state index contributed by atoms with van der Waals surface area (Å²) in [6, 6.07) is 9.52. The minimum atomic E-state index is 0.243. The van der Waals surface area contributed by atoms with Gasteiger partial charge in [-0.05, 0) is 58.2 Å². The van der Waals surface area contributed by atoms with Crippen molar-refractivity contribution in [3.8, 4) is 0 Å². The van der Waals surface area contributed by atoms with Crippen LogP contribution in [0.3, 0.4) is 0 Å². The smallest absolute Gasteiger partial charge is 0.0243 e. The molecule has 19 heavy (non-hydrogen) atoms. The van der Waals surface area contributed by atoms with Gasteiger partial charge in [0.1, 0.15) is 0 Å². The van der Waals surface area contributed by atoms with Crippen molar-refractivity contribution in [3.05, 3.63) is 35.4 Å². The Kier molecular flexibility index (Phi) is 4.64. The monoisotopic (exact) mass is 260 g/mol. The number of fused-ring (bicyclic) bond motifs is 1. The Morgan fingerprint density at radius 3 is 2.26 bits per heavy atom. The number of hydrogen-bond acceptors (Lipinski definition) is 2. The van der Waals surface area contributed by atoms with Crippen molar-refractivity contribution >= 4 is 0 Å². The Bertz CT molecular complexity index is 381. The van der Waals surface area contributed by atoms with Crippen molar-refractivity contribution in [3.63, 3.8) is 0 Å². The molecule has 1 aliphatic rings. The molecular formula is C17H28N2. The van der Waals surface area contributed by atoms with Crippen molar-refractivity contribution in [2.75, 3.05) is 6.54 Å². The molecule has 2 rings (SSSR count). The first-order chi connectivity index (χ1) is 8.96. The van der Waals surface area contributed by atoms with E-state index in [0.29, 0.717) is 6.04 Å². The largest absolute Gasteiger partial charge is 0.312 e. The second-order valence-electron chi connectivity index (χ2n) is 6.84. The molecule has 0 saturated heterocycles. The van der Waals surface area contributed by atoms with Crippen molar-refractivity contribution in [1.29, 1.82) is 0 Å². The third kappa shape index (κ3) is 4.32. The van der Waals surface area contributed by atoms with Crippen molar-refractivity contribution in [1.82, 2.24) is 10.2 Å². The molecule has 0 radical (unpaired) electrons. The molecule has 0 saturated carbocycles. The summed E-state index contributed by atoms with van der Waals surface area (Å²) in [7, 11) is 0. The van der Waals surface area contributed by atoms with E-state index >= 15 is 0 Å². The molecule has 1 heterocycles. The van der Waals surface area contributed by atoms with Gasteiger partial charge in [0.15, 0.2) is 0 Å². The van der Waals surface area contributed by atoms with Crippen LogP contribution in [0.2, 0.25) is 0 Å². The molecule has 0 aromatic heterocycles. The van der Waals surface area contributed by atoms with Gasteiger partial charge in [-0.2, -0.15) is 0 Å². The molecule has 0 amide bonds. The minimum Gasteiger partial charge on any atom is -0.312 e. The lowest BCUT2D eigenvalue weighted by molar-refractivity contribution is 0.199. The summed E-state index contributed by atoms with van der Waals surface area (Å²) in [5.74, 6) is 0. The highest BCUT2D eigenvalue weighted by molar-refractivity contribution is 5.30. The Morgan fingerprint density at radius 1 is 1.16 bits per heavy atom. The fraction of sp³-hybridized carbons (Fsp3) is 0.647. The normalized spacial score (nSPS) is 17.5. The lowest BCUT2D eigenvalue weighted by Gasteiger charge is -2.25. The highest BCUT2D eigenvalue weighted by Crippen LogP contribution is 2.25. The maximum atomic E-state index is 3.57. The van der Waals surface area contributed by atoms with E-state index in [-0.39, 0.29) is 5.54 Å². The summed E-state index contributed by atoms with van der Waals surface area (Å²) >= 11 is 0. The molecule has 1 aromatic carbocycles. The van der Waals surface area contributed by atoms with Crippen LogP contribution in [0.25, 0.3) is 0 Å². The van der Waals surface area contributed by atoms with Crippen LogP contribution in [-0.2, 0) is 13.1 Å². The van der Waals surface area contributed by atoms with E-state index in [0.717, 1.165) is 19.6 Å². The number of nitrogens with zero attached hydrogens (tertiary/aromatic N) is 1. The molecule has 1 aliphatic heterocycles. The molecule has 0 bridgehead atoms. The van der Waals surface area contributed by atoms with Crippen LogP contribution < -0.4 is 5.32 Å². The third-order valence-electron chi connectivity index (χ3n) is 3.94. The van der Waals surface area contributed by atoms with Crippen LogP contribution in [0.1, 0.15) is 51.7 Å². The highest BCUT2D eigenvalue weighted by Gasteiger charge is 2.22. The van der Waals surface area contributed by atoms with Gasteiger partial charge < -0.3 is 5.32 Å². The molecule has 1 unspecified atom stereocenters. The highest BCUT2D eigenvalue weighted by atomic mass is 15.2. The van der Waals surface area contributed by atoms with Gasteiger partial charge in [-0.15, -0.1) is 0 Å². The van der Waals surface area contributed by atoms with Crippen LogP contribution in [0.15, 0.2) is 24.3 Å². The predicted molar refractivity (Wildman–Crippen MR) is 82.1 cm³/mol. The maximum absolute atomic E-state index is 3.57. The standard InChI is InChI=1S/C17H28N2/c1-14(8-7-11-18-17(2,3)4)19-12-15-9-5-6-10-16(15)13-19/h5-6,9-10,14,18H,7-8,11-13H2,1-4H3. The molecule has 106 valence electrons. The van der Waals surface area contributed by atoms with E-state index in [1.165, 1.54) is 24.0 Å². The zero-order chi connectivity index (χ0) is 13.9. The summed E-state index contributed by atoms with van der Waals surface area (Å²) in [4.78, 5) is 2.60. The van der Waals surface area contributed by atoms with Gasteiger partial charge >= 0.3 is 0 Å². The molecular weight excluding hydrogens is 232 g/mol.